The Morgan fingerprint density at radius 2 is 2.12 bits per heavy atom. The Balaban J connectivity index is 2.21. The molecule has 0 spiro atoms. The predicted octanol–water partition coefficient (Wildman–Crippen LogP) is 3.28. The summed E-state index contributed by atoms with van der Waals surface area (Å²) in [5.74, 6) is 2.35. The van der Waals surface area contributed by atoms with Crippen LogP contribution in [0.15, 0.2) is 24.3 Å². The lowest BCUT2D eigenvalue weighted by Gasteiger charge is -2.15. The first-order valence-electron chi connectivity index (χ1n) is 4.98. The maximum atomic E-state index is 10.8. The summed E-state index contributed by atoms with van der Waals surface area (Å²) < 4.78 is 0.460. The van der Waals surface area contributed by atoms with Crippen LogP contribution in [0.5, 0.6) is 0 Å². The number of benzene rings is 1. The van der Waals surface area contributed by atoms with Gasteiger partial charge in [-0.05, 0) is 17.7 Å². The van der Waals surface area contributed by atoms with Crippen molar-refractivity contribution in [1.82, 2.24) is 0 Å². The quantitative estimate of drug-likeness (QED) is 0.880. The van der Waals surface area contributed by atoms with E-state index in [0.29, 0.717) is 4.58 Å². The number of carbonyl (C=O) groups is 1. The van der Waals surface area contributed by atoms with Crippen molar-refractivity contribution < 1.29 is 9.90 Å². The number of rotatable bonds is 2. The molecule has 86 valence electrons. The Kier molecular flexibility index (Phi) is 3.66. The van der Waals surface area contributed by atoms with Crippen LogP contribution in [0.1, 0.15) is 10.1 Å². The molecule has 1 N–H and O–H groups in total. The highest BCUT2D eigenvalue weighted by molar-refractivity contribution is 8.19. The fourth-order valence-corrected chi connectivity index (χ4v) is 4.38. The van der Waals surface area contributed by atoms with Gasteiger partial charge >= 0.3 is 6.09 Å². The van der Waals surface area contributed by atoms with Crippen LogP contribution in [0.4, 0.5) is 10.5 Å². The lowest BCUT2D eigenvalue weighted by atomic mass is 10.2. The minimum atomic E-state index is -0.927. The largest absolute Gasteiger partial charge is 0.465 e. The molecule has 0 unspecified atom stereocenters. The second-order valence-corrected chi connectivity index (χ2v) is 6.23. The zero-order valence-electron chi connectivity index (χ0n) is 8.92. The molecule has 1 heterocycles. The van der Waals surface area contributed by atoms with Gasteiger partial charge in [0.15, 0.2) is 0 Å². The van der Waals surface area contributed by atoms with Crippen molar-refractivity contribution in [2.24, 2.45) is 0 Å². The number of hydrogen-bond acceptors (Lipinski definition) is 3. The molecular weight excluding hydrogens is 242 g/mol. The third-order valence-electron chi connectivity index (χ3n) is 2.44. The average Bonchev–Trinajstić information content (AvgIpc) is 2.81. The highest BCUT2D eigenvalue weighted by Gasteiger charge is 2.19. The van der Waals surface area contributed by atoms with E-state index in [1.807, 2.05) is 41.7 Å². The van der Waals surface area contributed by atoms with Gasteiger partial charge in [-0.3, -0.25) is 4.90 Å². The fraction of sp³-hybridized carbons (Fsp3) is 0.364. The van der Waals surface area contributed by atoms with Gasteiger partial charge in [-0.25, -0.2) is 4.79 Å². The number of hydrogen-bond donors (Lipinski definition) is 1. The first-order valence-corrected chi connectivity index (χ1v) is 7.08. The number of carboxylic acid groups (broad SMARTS) is 1. The summed E-state index contributed by atoms with van der Waals surface area (Å²) in [4.78, 5) is 12.1. The van der Waals surface area contributed by atoms with E-state index in [1.165, 1.54) is 22.0 Å². The topological polar surface area (TPSA) is 40.5 Å². The van der Waals surface area contributed by atoms with Gasteiger partial charge in [0.05, 0.1) is 4.58 Å². The SMILES string of the molecule is CN(C(=O)O)c1cccc(C2SCCS2)c1. The highest BCUT2D eigenvalue weighted by Crippen LogP contribution is 2.45. The Hall–Kier alpha value is -0.810. The standard InChI is InChI=1S/C11H13NO2S2/c1-12(11(13)14)9-4-2-3-8(7-9)10-15-5-6-16-10/h2-4,7,10H,5-6H2,1H3,(H,13,14). The van der Waals surface area contributed by atoms with Crippen molar-refractivity contribution in [3.8, 4) is 0 Å². The molecule has 1 amide bonds. The number of nitrogens with zero attached hydrogens (tertiary/aromatic N) is 1. The van der Waals surface area contributed by atoms with E-state index in [-0.39, 0.29) is 0 Å². The molecule has 0 saturated carbocycles. The molecule has 1 fully saturated rings. The molecule has 2 rings (SSSR count). The normalized spacial score (nSPS) is 16.3. The van der Waals surface area contributed by atoms with Crippen LogP contribution >= 0.6 is 23.5 Å². The summed E-state index contributed by atoms with van der Waals surface area (Å²) >= 11 is 3.84. The van der Waals surface area contributed by atoms with Gasteiger partial charge in [0.1, 0.15) is 0 Å². The number of anilines is 1. The summed E-state index contributed by atoms with van der Waals surface area (Å²) in [5, 5.41) is 8.91. The fourth-order valence-electron chi connectivity index (χ4n) is 1.54. The molecule has 0 bridgehead atoms. The molecule has 1 aromatic carbocycles. The molecule has 3 nitrogen and oxygen atoms in total. The predicted molar refractivity (Wildman–Crippen MR) is 70.5 cm³/mol. The monoisotopic (exact) mass is 255 g/mol. The minimum absolute atomic E-state index is 0.460. The number of thioether (sulfide) groups is 2. The molecule has 0 aliphatic carbocycles. The summed E-state index contributed by atoms with van der Waals surface area (Å²) in [6.45, 7) is 0. The third-order valence-corrected chi connectivity index (χ3v) is 5.54. The average molecular weight is 255 g/mol. The van der Waals surface area contributed by atoms with Gasteiger partial charge in [0.25, 0.3) is 0 Å². The van der Waals surface area contributed by atoms with Crippen molar-refractivity contribution in [3.63, 3.8) is 0 Å². The van der Waals surface area contributed by atoms with E-state index in [1.54, 1.807) is 7.05 Å². The molecule has 0 atom stereocenters. The first-order chi connectivity index (χ1) is 7.68. The Morgan fingerprint density at radius 1 is 1.44 bits per heavy atom. The molecule has 0 aromatic heterocycles. The van der Waals surface area contributed by atoms with E-state index in [2.05, 4.69) is 6.07 Å². The van der Waals surface area contributed by atoms with Gasteiger partial charge in [0.2, 0.25) is 0 Å². The van der Waals surface area contributed by atoms with Gasteiger partial charge in [0, 0.05) is 24.2 Å². The lowest BCUT2D eigenvalue weighted by Crippen LogP contribution is -2.23. The lowest BCUT2D eigenvalue weighted by molar-refractivity contribution is 0.203. The minimum Gasteiger partial charge on any atom is -0.465 e. The smallest absolute Gasteiger partial charge is 0.411 e. The van der Waals surface area contributed by atoms with Crippen molar-refractivity contribution in [3.05, 3.63) is 29.8 Å². The molecule has 1 aliphatic rings. The van der Waals surface area contributed by atoms with Gasteiger partial charge in [-0.15, -0.1) is 23.5 Å². The summed E-state index contributed by atoms with van der Waals surface area (Å²) in [7, 11) is 1.57. The molecule has 5 heteroatoms. The molecule has 1 aliphatic heterocycles. The molecular formula is C11H13NO2S2. The second-order valence-electron chi connectivity index (χ2n) is 3.51. The van der Waals surface area contributed by atoms with E-state index >= 15 is 0 Å². The van der Waals surface area contributed by atoms with Crippen LogP contribution in [0.25, 0.3) is 0 Å². The van der Waals surface area contributed by atoms with Crippen molar-refractivity contribution >= 4 is 35.3 Å². The molecule has 1 saturated heterocycles. The van der Waals surface area contributed by atoms with Crippen molar-refractivity contribution in [2.75, 3.05) is 23.5 Å². The zero-order valence-corrected chi connectivity index (χ0v) is 10.6. The van der Waals surface area contributed by atoms with Gasteiger partial charge in [-0.1, -0.05) is 12.1 Å². The van der Waals surface area contributed by atoms with Crippen LogP contribution in [0, 0.1) is 0 Å². The van der Waals surface area contributed by atoms with E-state index in [4.69, 9.17) is 5.11 Å². The van der Waals surface area contributed by atoms with Crippen LogP contribution in [0.3, 0.4) is 0 Å². The van der Waals surface area contributed by atoms with Crippen LogP contribution in [-0.4, -0.2) is 29.8 Å². The number of amides is 1. The second kappa shape index (κ2) is 5.01. The van der Waals surface area contributed by atoms with Crippen molar-refractivity contribution in [2.45, 2.75) is 4.58 Å². The highest BCUT2D eigenvalue weighted by atomic mass is 32.2. The molecule has 0 radical (unpaired) electrons. The third kappa shape index (κ3) is 2.47. The van der Waals surface area contributed by atoms with Crippen LogP contribution in [-0.2, 0) is 0 Å². The maximum absolute atomic E-state index is 10.8. The summed E-state index contributed by atoms with van der Waals surface area (Å²) in [6.07, 6.45) is -0.927. The summed E-state index contributed by atoms with van der Waals surface area (Å²) in [6, 6.07) is 7.77. The van der Waals surface area contributed by atoms with Gasteiger partial charge in [-0.2, -0.15) is 0 Å². The van der Waals surface area contributed by atoms with E-state index in [9.17, 15) is 4.79 Å². The molecule has 1 aromatic rings. The molecule has 16 heavy (non-hydrogen) atoms. The van der Waals surface area contributed by atoms with Crippen LogP contribution < -0.4 is 4.90 Å². The van der Waals surface area contributed by atoms with E-state index < -0.39 is 6.09 Å². The Labute approximate surface area is 103 Å². The zero-order chi connectivity index (χ0) is 11.5. The Bertz CT molecular complexity index is 391. The Morgan fingerprint density at radius 3 is 2.75 bits per heavy atom. The maximum Gasteiger partial charge on any atom is 0.411 e. The van der Waals surface area contributed by atoms with Gasteiger partial charge < -0.3 is 5.11 Å². The van der Waals surface area contributed by atoms with Crippen molar-refractivity contribution in [1.29, 1.82) is 0 Å². The first kappa shape index (κ1) is 11.7. The van der Waals surface area contributed by atoms with Crippen LogP contribution in [0.2, 0.25) is 0 Å². The summed E-state index contributed by atoms with van der Waals surface area (Å²) in [5.41, 5.74) is 1.94. The van der Waals surface area contributed by atoms with E-state index in [0.717, 1.165) is 5.69 Å².